The second kappa shape index (κ2) is 6.17. The zero-order chi connectivity index (χ0) is 13.8. The van der Waals surface area contributed by atoms with E-state index in [2.05, 4.69) is 15.9 Å². The molecule has 0 aliphatic carbocycles. The number of rotatable bonds is 4. The molecule has 0 spiro atoms. The lowest BCUT2D eigenvalue weighted by Gasteiger charge is -2.12. The smallest absolute Gasteiger partial charge is 0.130 e. The number of nitrogens with two attached hydrogens (primary N) is 1. The maximum atomic E-state index is 13.2. The average molecular weight is 324 g/mol. The van der Waals surface area contributed by atoms with E-state index in [0.717, 1.165) is 22.2 Å². The van der Waals surface area contributed by atoms with Gasteiger partial charge >= 0.3 is 0 Å². The number of aryl methyl sites for hydroxylation is 1. The predicted octanol–water partition coefficient (Wildman–Crippen LogP) is 4.19. The molecule has 100 valence electrons. The molecule has 2 nitrogen and oxygen atoms in total. The molecule has 0 heterocycles. The van der Waals surface area contributed by atoms with Gasteiger partial charge in [-0.25, -0.2) is 4.39 Å². The lowest BCUT2D eigenvalue weighted by atomic mass is 10.1. The average Bonchev–Trinajstić information content (AvgIpc) is 2.37. The van der Waals surface area contributed by atoms with Gasteiger partial charge in [0.1, 0.15) is 17.3 Å². The van der Waals surface area contributed by atoms with Crippen LogP contribution in [0, 0.1) is 12.7 Å². The maximum Gasteiger partial charge on any atom is 0.130 e. The highest BCUT2D eigenvalue weighted by Gasteiger charge is 2.07. The normalized spacial score (nSPS) is 10.5. The van der Waals surface area contributed by atoms with Crippen molar-refractivity contribution >= 4 is 15.9 Å². The van der Waals surface area contributed by atoms with E-state index in [0.29, 0.717) is 17.9 Å². The Hall–Kier alpha value is -1.39. The van der Waals surface area contributed by atoms with Gasteiger partial charge in [-0.15, -0.1) is 0 Å². The fourth-order valence-electron chi connectivity index (χ4n) is 1.81. The molecule has 2 rings (SSSR count). The third-order valence-electron chi connectivity index (χ3n) is 2.79. The van der Waals surface area contributed by atoms with E-state index in [1.807, 2.05) is 18.2 Å². The Kier molecular flexibility index (Phi) is 4.56. The van der Waals surface area contributed by atoms with Crippen LogP contribution in [0.3, 0.4) is 0 Å². The molecule has 19 heavy (non-hydrogen) atoms. The molecule has 0 radical (unpaired) electrons. The number of benzene rings is 2. The van der Waals surface area contributed by atoms with E-state index in [1.54, 1.807) is 19.1 Å². The highest BCUT2D eigenvalue weighted by atomic mass is 79.9. The van der Waals surface area contributed by atoms with Gasteiger partial charge in [0, 0.05) is 4.47 Å². The van der Waals surface area contributed by atoms with Crippen LogP contribution in [0.15, 0.2) is 40.9 Å². The summed E-state index contributed by atoms with van der Waals surface area (Å²) in [5.74, 6) is 1.14. The highest BCUT2D eigenvalue weighted by Crippen LogP contribution is 2.29. The number of halogens is 2. The summed E-state index contributed by atoms with van der Waals surface area (Å²) in [4.78, 5) is 0. The maximum absolute atomic E-state index is 13.2. The zero-order valence-corrected chi connectivity index (χ0v) is 12.2. The lowest BCUT2D eigenvalue weighted by Crippen LogP contribution is -2.04. The first-order chi connectivity index (χ1) is 9.10. The molecule has 0 aliphatic heterocycles. The highest BCUT2D eigenvalue weighted by molar-refractivity contribution is 9.10. The van der Waals surface area contributed by atoms with E-state index in [-0.39, 0.29) is 5.82 Å². The Balaban J connectivity index is 2.29. The molecule has 2 aromatic rings. The Morgan fingerprint density at radius 2 is 2.00 bits per heavy atom. The summed E-state index contributed by atoms with van der Waals surface area (Å²) in [5, 5.41) is 0. The molecule has 0 fully saturated rings. The number of ether oxygens (including phenoxy) is 1. The van der Waals surface area contributed by atoms with E-state index in [1.165, 1.54) is 6.07 Å². The quantitative estimate of drug-likeness (QED) is 0.915. The molecule has 2 aromatic carbocycles. The van der Waals surface area contributed by atoms with Gasteiger partial charge in [0.2, 0.25) is 0 Å². The first-order valence-electron chi connectivity index (χ1n) is 6.02. The third kappa shape index (κ3) is 3.55. The van der Waals surface area contributed by atoms with E-state index >= 15 is 0 Å². The van der Waals surface area contributed by atoms with Crippen molar-refractivity contribution in [3.8, 4) is 11.5 Å². The van der Waals surface area contributed by atoms with Crippen molar-refractivity contribution in [2.75, 3.05) is 6.54 Å². The molecule has 0 saturated carbocycles. The minimum atomic E-state index is -0.231. The Morgan fingerprint density at radius 1 is 1.21 bits per heavy atom. The van der Waals surface area contributed by atoms with Crippen molar-refractivity contribution in [1.29, 1.82) is 0 Å². The summed E-state index contributed by atoms with van der Waals surface area (Å²) in [6, 6.07) is 10.5. The van der Waals surface area contributed by atoms with E-state index < -0.39 is 0 Å². The molecule has 0 atom stereocenters. The molecular formula is C15H15BrFNO. The van der Waals surface area contributed by atoms with Crippen LogP contribution in [0.5, 0.6) is 11.5 Å². The van der Waals surface area contributed by atoms with E-state index in [4.69, 9.17) is 10.5 Å². The standard InChI is InChI=1S/C15H15BrFNO/c1-10-8-13(3-4-14(10)17)19-15-5-2-12(16)9-11(15)6-7-18/h2-5,8-9H,6-7,18H2,1H3. The SMILES string of the molecule is Cc1cc(Oc2ccc(Br)cc2CCN)ccc1F. The van der Waals surface area contributed by atoms with Crippen LogP contribution in [0.1, 0.15) is 11.1 Å². The van der Waals surface area contributed by atoms with Crippen LogP contribution in [0.25, 0.3) is 0 Å². The third-order valence-corrected chi connectivity index (χ3v) is 3.29. The summed E-state index contributed by atoms with van der Waals surface area (Å²) in [7, 11) is 0. The Morgan fingerprint density at radius 3 is 2.68 bits per heavy atom. The molecule has 0 aromatic heterocycles. The minimum absolute atomic E-state index is 0.231. The van der Waals surface area contributed by atoms with Crippen molar-refractivity contribution in [2.24, 2.45) is 5.73 Å². The first kappa shape index (κ1) is 14.0. The topological polar surface area (TPSA) is 35.2 Å². The van der Waals surface area contributed by atoms with Crippen molar-refractivity contribution in [3.05, 3.63) is 57.8 Å². The van der Waals surface area contributed by atoms with Gasteiger partial charge in [-0.05, 0) is 67.4 Å². The summed E-state index contributed by atoms with van der Waals surface area (Å²) < 4.78 is 20.0. The monoisotopic (exact) mass is 323 g/mol. The van der Waals surface area contributed by atoms with Crippen LogP contribution >= 0.6 is 15.9 Å². The van der Waals surface area contributed by atoms with Crippen LogP contribution < -0.4 is 10.5 Å². The Bertz CT molecular complexity index is 586. The van der Waals surface area contributed by atoms with Crippen LogP contribution in [0.4, 0.5) is 4.39 Å². The summed E-state index contributed by atoms with van der Waals surface area (Å²) in [6.07, 6.45) is 0.731. The molecule has 0 saturated heterocycles. The van der Waals surface area contributed by atoms with E-state index in [9.17, 15) is 4.39 Å². The molecule has 0 bridgehead atoms. The second-order valence-corrected chi connectivity index (χ2v) is 5.22. The summed E-state index contributed by atoms with van der Waals surface area (Å²) >= 11 is 3.43. The van der Waals surface area contributed by atoms with Gasteiger partial charge in [0.15, 0.2) is 0 Å². The fraction of sp³-hybridized carbons (Fsp3) is 0.200. The van der Waals surface area contributed by atoms with Gasteiger partial charge in [-0.1, -0.05) is 15.9 Å². The molecule has 2 N–H and O–H groups in total. The van der Waals surface area contributed by atoms with Gasteiger partial charge in [-0.3, -0.25) is 0 Å². The summed E-state index contributed by atoms with van der Waals surface area (Å²) in [6.45, 7) is 2.26. The zero-order valence-electron chi connectivity index (χ0n) is 10.6. The van der Waals surface area contributed by atoms with Crippen LogP contribution in [-0.4, -0.2) is 6.54 Å². The first-order valence-corrected chi connectivity index (χ1v) is 6.82. The van der Waals surface area contributed by atoms with Gasteiger partial charge in [0.25, 0.3) is 0 Å². The van der Waals surface area contributed by atoms with Crippen molar-refractivity contribution in [2.45, 2.75) is 13.3 Å². The van der Waals surface area contributed by atoms with Crippen molar-refractivity contribution in [3.63, 3.8) is 0 Å². The molecule has 0 unspecified atom stereocenters. The molecular weight excluding hydrogens is 309 g/mol. The minimum Gasteiger partial charge on any atom is -0.457 e. The van der Waals surface area contributed by atoms with Gasteiger partial charge in [0.05, 0.1) is 0 Å². The van der Waals surface area contributed by atoms with Crippen molar-refractivity contribution < 1.29 is 9.13 Å². The Labute approximate surface area is 120 Å². The molecule has 0 aliphatic rings. The van der Waals surface area contributed by atoms with Gasteiger partial charge in [-0.2, -0.15) is 0 Å². The van der Waals surface area contributed by atoms with Crippen molar-refractivity contribution in [1.82, 2.24) is 0 Å². The molecule has 4 heteroatoms. The molecule has 0 amide bonds. The van der Waals surface area contributed by atoms with Crippen LogP contribution in [-0.2, 0) is 6.42 Å². The number of hydrogen-bond acceptors (Lipinski definition) is 2. The predicted molar refractivity (Wildman–Crippen MR) is 78.1 cm³/mol. The van der Waals surface area contributed by atoms with Crippen LogP contribution in [0.2, 0.25) is 0 Å². The summed E-state index contributed by atoms with van der Waals surface area (Å²) in [5.41, 5.74) is 7.19. The number of hydrogen-bond donors (Lipinski definition) is 1. The fourth-order valence-corrected chi connectivity index (χ4v) is 2.21. The lowest BCUT2D eigenvalue weighted by molar-refractivity contribution is 0.473. The second-order valence-electron chi connectivity index (χ2n) is 4.30. The van der Waals surface area contributed by atoms with Gasteiger partial charge < -0.3 is 10.5 Å². The largest absolute Gasteiger partial charge is 0.457 e.